The van der Waals surface area contributed by atoms with Gasteiger partial charge < -0.3 is 9.80 Å². The van der Waals surface area contributed by atoms with E-state index in [-0.39, 0.29) is 10.8 Å². The average molecular weight is 391 g/mol. The van der Waals surface area contributed by atoms with Crippen molar-refractivity contribution in [2.24, 2.45) is 0 Å². The zero-order chi connectivity index (χ0) is 19.4. The van der Waals surface area contributed by atoms with Gasteiger partial charge in [-0.2, -0.15) is 0 Å². The number of sulfonamides is 1. The summed E-state index contributed by atoms with van der Waals surface area (Å²) in [7, 11) is -1.77. The van der Waals surface area contributed by atoms with Gasteiger partial charge in [0.2, 0.25) is 0 Å². The van der Waals surface area contributed by atoms with Crippen molar-refractivity contribution in [3.63, 3.8) is 0 Å². The first-order chi connectivity index (χ1) is 12.8. The number of anilines is 1. The molecule has 1 saturated heterocycles. The molecule has 8 heteroatoms. The standard InChI is InChI=1S/C19H22FN3O3S/c1-22-11-2-12-23(14-13-22)19(24)15-3-7-17(8-4-15)21-27(25,26)18-9-5-16(20)6-10-18/h3-10,21H,2,11-14H2,1H3. The summed E-state index contributed by atoms with van der Waals surface area (Å²) in [5.41, 5.74) is 0.857. The van der Waals surface area contributed by atoms with E-state index in [0.717, 1.165) is 31.6 Å². The van der Waals surface area contributed by atoms with Crippen LogP contribution in [0.4, 0.5) is 10.1 Å². The van der Waals surface area contributed by atoms with E-state index in [1.807, 2.05) is 11.9 Å². The van der Waals surface area contributed by atoms with Gasteiger partial charge in [-0.3, -0.25) is 9.52 Å². The second kappa shape index (κ2) is 8.06. The SMILES string of the molecule is CN1CCCN(C(=O)c2ccc(NS(=O)(=O)c3ccc(F)cc3)cc2)CC1. The fourth-order valence-electron chi connectivity index (χ4n) is 2.94. The maximum Gasteiger partial charge on any atom is 0.261 e. The number of rotatable bonds is 4. The molecule has 3 rings (SSSR count). The smallest absolute Gasteiger partial charge is 0.261 e. The lowest BCUT2D eigenvalue weighted by Gasteiger charge is -2.20. The molecule has 0 aliphatic carbocycles. The van der Waals surface area contributed by atoms with E-state index < -0.39 is 15.8 Å². The molecule has 6 nitrogen and oxygen atoms in total. The molecule has 1 aliphatic rings. The zero-order valence-corrected chi connectivity index (χ0v) is 15.9. The minimum absolute atomic E-state index is 0.0299. The van der Waals surface area contributed by atoms with E-state index in [0.29, 0.717) is 24.3 Å². The maximum atomic E-state index is 13.0. The lowest BCUT2D eigenvalue weighted by Crippen LogP contribution is -2.34. The zero-order valence-electron chi connectivity index (χ0n) is 15.1. The average Bonchev–Trinajstić information content (AvgIpc) is 2.86. The topological polar surface area (TPSA) is 69.7 Å². The molecule has 27 heavy (non-hydrogen) atoms. The predicted molar refractivity (Wildman–Crippen MR) is 102 cm³/mol. The third kappa shape index (κ3) is 4.84. The normalized spacial score (nSPS) is 16.0. The van der Waals surface area contributed by atoms with Gasteiger partial charge in [-0.05, 0) is 68.5 Å². The van der Waals surface area contributed by atoms with Crippen LogP contribution in [-0.2, 0) is 10.0 Å². The summed E-state index contributed by atoms with van der Waals surface area (Å²) < 4.78 is 40.1. The Labute approximate surface area is 158 Å². The highest BCUT2D eigenvalue weighted by atomic mass is 32.2. The number of hydrogen-bond donors (Lipinski definition) is 1. The van der Waals surface area contributed by atoms with E-state index in [1.54, 1.807) is 24.3 Å². The third-order valence-electron chi connectivity index (χ3n) is 4.51. The quantitative estimate of drug-likeness (QED) is 0.869. The molecule has 0 unspecified atom stereocenters. The fraction of sp³-hybridized carbons (Fsp3) is 0.316. The van der Waals surface area contributed by atoms with Gasteiger partial charge in [0.05, 0.1) is 4.90 Å². The first kappa shape index (κ1) is 19.3. The van der Waals surface area contributed by atoms with Crippen LogP contribution in [0.15, 0.2) is 53.4 Å². The number of halogens is 1. The van der Waals surface area contributed by atoms with Crippen molar-refractivity contribution in [1.82, 2.24) is 9.80 Å². The van der Waals surface area contributed by atoms with Gasteiger partial charge in [-0.15, -0.1) is 0 Å². The summed E-state index contributed by atoms with van der Waals surface area (Å²) >= 11 is 0. The van der Waals surface area contributed by atoms with Crippen LogP contribution in [0.25, 0.3) is 0 Å². The van der Waals surface area contributed by atoms with Crippen LogP contribution >= 0.6 is 0 Å². The molecule has 0 bridgehead atoms. The Morgan fingerprint density at radius 3 is 2.30 bits per heavy atom. The molecule has 0 spiro atoms. The number of hydrogen-bond acceptors (Lipinski definition) is 4. The maximum absolute atomic E-state index is 13.0. The second-order valence-corrected chi connectivity index (χ2v) is 8.27. The van der Waals surface area contributed by atoms with Gasteiger partial charge in [-0.1, -0.05) is 0 Å². The molecule has 1 heterocycles. The van der Waals surface area contributed by atoms with E-state index in [9.17, 15) is 17.6 Å². The lowest BCUT2D eigenvalue weighted by molar-refractivity contribution is 0.0763. The Morgan fingerprint density at radius 1 is 0.963 bits per heavy atom. The van der Waals surface area contributed by atoms with Crippen LogP contribution in [0, 0.1) is 5.82 Å². The van der Waals surface area contributed by atoms with Crippen LogP contribution < -0.4 is 4.72 Å². The van der Waals surface area contributed by atoms with E-state index >= 15 is 0 Å². The van der Waals surface area contributed by atoms with Crippen molar-refractivity contribution in [2.75, 3.05) is 37.9 Å². The summed E-state index contributed by atoms with van der Waals surface area (Å²) in [5, 5.41) is 0. The van der Waals surface area contributed by atoms with Gasteiger partial charge in [0.1, 0.15) is 5.82 Å². The van der Waals surface area contributed by atoms with Gasteiger partial charge in [0.15, 0.2) is 0 Å². The number of nitrogens with one attached hydrogen (secondary N) is 1. The highest BCUT2D eigenvalue weighted by molar-refractivity contribution is 7.92. The van der Waals surface area contributed by atoms with Crippen molar-refractivity contribution >= 4 is 21.6 Å². The summed E-state index contributed by atoms with van der Waals surface area (Å²) in [4.78, 5) is 16.6. The molecule has 144 valence electrons. The molecular formula is C19H22FN3O3S. The van der Waals surface area contributed by atoms with E-state index in [2.05, 4.69) is 9.62 Å². The first-order valence-electron chi connectivity index (χ1n) is 8.71. The van der Waals surface area contributed by atoms with Crippen LogP contribution in [0.1, 0.15) is 16.8 Å². The Balaban J connectivity index is 1.69. The third-order valence-corrected chi connectivity index (χ3v) is 5.91. The summed E-state index contributed by atoms with van der Waals surface area (Å²) in [6.45, 7) is 3.19. The number of carbonyl (C=O) groups excluding carboxylic acids is 1. The van der Waals surface area contributed by atoms with Crippen LogP contribution in [0.2, 0.25) is 0 Å². The van der Waals surface area contributed by atoms with Gasteiger partial charge in [0, 0.05) is 30.9 Å². The Bertz CT molecular complexity index is 899. The molecule has 0 radical (unpaired) electrons. The van der Waals surface area contributed by atoms with E-state index in [4.69, 9.17) is 0 Å². The molecule has 2 aromatic rings. The van der Waals surface area contributed by atoms with Crippen LogP contribution in [-0.4, -0.2) is 57.4 Å². The molecule has 1 aliphatic heterocycles. The molecule has 0 aromatic heterocycles. The Hall–Kier alpha value is -2.45. The first-order valence-corrected chi connectivity index (χ1v) is 10.2. The monoisotopic (exact) mass is 391 g/mol. The number of likely N-dealkylation sites (N-methyl/N-ethyl adjacent to an activating group) is 1. The number of amides is 1. The number of benzene rings is 2. The minimum Gasteiger partial charge on any atom is -0.337 e. The molecule has 0 saturated carbocycles. The van der Waals surface area contributed by atoms with E-state index in [1.165, 1.54) is 12.1 Å². The summed E-state index contributed by atoms with van der Waals surface area (Å²) in [6.07, 6.45) is 0.928. The van der Waals surface area contributed by atoms with Gasteiger partial charge in [-0.25, -0.2) is 12.8 Å². The Morgan fingerprint density at radius 2 is 1.63 bits per heavy atom. The highest BCUT2D eigenvalue weighted by Crippen LogP contribution is 2.18. The van der Waals surface area contributed by atoms with Crippen LogP contribution in [0.3, 0.4) is 0 Å². The largest absolute Gasteiger partial charge is 0.337 e. The minimum atomic E-state index is -3.81. The van der Waals surface area contributed by atoms with Gasteiger partial charge in [0.25, 0.3) is 15.9 Å². The fourth-order valence-corrected chi connectivity index (χ4v) is 4.00. The van der Waals surface area contributed by atoms with Crippen LogP contribution in [0.5, 0.6) is 0 Å². The van der Waals surface area contributed by atoms with Crippen molar-refractivity contribution in [1.29, 1.82) is 0 Å². The molecule has 2 aromatic carbocycles. The highest BCUT2D eigenvalue weighted by Gasteiger charge is 2.19. The van der Waals surface area contributed by atoms with Crippen molar-refractivity contribution in [3.05, 3.63) is 59.9 Å². The molecule has 0 atom stereocenters. The summed E-state index contributed by atoms with van der Waals surface area (Å²) in [5.74, 6) is -0.560. The lowest BCUT2D eigenvalue weighted by atomic mass is 10.2. The number of nitrogens with zero attached hydrogens (tertiary/aromatic N) is 2. The summed E-state index contributed by atoms with van der Waals surface area (Å²) in [6, 6.07) is 10.9. The molecule has 1 N–H and O–H groups in total. The second-order valence-electron chi connectivity index (χ2n) is 6.59. The van der Waals surface area contributed by atoms with Gasteiger partial charge >= 0.3 is 0 Å². The predicted octanol–water partition coefficient (Wildman–Crippen LogP) is 2.40. The Kier molecular flexibility index (Phi) is 5.76. The van der Waals surface area contributed by atoms with Crippen molar-refractivity contribution in [2.45, 2.75) is 11.3 Å². The van der Waals surface area contributed by atoms with Crippen molar-refractivity contribution in [3.8, 4) is 0 Å². The molecule has 1 fully saturated rings. The molecule has 1 amide bonds. The number of carbonyl (C=O) groups is 1. The van der Waals surface area contributed by atoms with Crippen molar-refractivity contribution < 1.29 is 17.6 Å². The molecular weight excluding hydrogens is 369 g/mol.